The molecule has 1 heterocycles. The summed E-state index contributed by atoms with van der Waals surface area (Å²) in [5.74, 6) is 0.678. The Morgan fingerprint density at radius 1 is 1.33 bits per heavy atom. The molecule has 0 N–H and O–H groups in total. The lowest BCUT2D eigenvalue weighted by Gasteiger charge is -2.00. The van der Waals surface area contributed by atoms with Crippen molar-refractivity contribution in [2.75, 3.05) is 13.9 Å². The van der Waals surface area contributed by atoms with Crippen LogP contribution in [0.1, 0.15) is 11.4 Å². The maximum absolute atomic E-state index is 5.06. The van der Waals surface area contributed by atoms with Crippen LogP contribution in [0.3, 0.4) is 0 Å². The fourth-order valence-electron chi connectivity index (χ4n) is 0.710. The predicted octanol–water partition coefficient (Wildman–Crippen LogP) is 0.906. The van der Waals surface area contributed by atoms with E-state index < -0.39 is 0 Å². The Bertz CT molecular complexity index is 223. The number of aryl methyl sites for hydroxylation is 1. The molecule has 0 fully saturated rings. The van der Waals surface area contributed by atoms with Gasteiger partial charge in [-0.05, 0) is 12.5 Å². The van der Waals surface area contributed by atoms with Crippen molar-refractivity contribution in [2.45, 2.75) is 13.5 Å². The molecule has 0 aliphatic carbocycles. The molecule has 1 aromatic rings. The number of nitrogens with zero attached hydrogens (tertiary/aromatic N) is 2. The van der Waals surface area contributed by atoms with Crippen molar-refractivity contribution in [1.82, 2.24) is 9.97 Å². The van der Waals surface area contributed by atoms with E-state index in [2.05, 4.69) is 9.97 Å². The molecule has 66 valence electrons. The highest BCUT2D eigenvalue weighted by Gasteiger charge is 1.94. The van der Waals surface area contributed by atoms with Gasteiger partial charge in [-0.15, -0.1) is 0 Å². The lowest BCUT2D eigenvalue weighted by atomic mass is 10.4. The van der Waals surface area contributed by atoms with Crippen LogP contribution < -0.4 is 0 Å². The first-order valence-corrected chi connectivity index (χ1v) is 3.67. The number of methoxy groups -OCH3 is 1. The predicted molar refractivity (Wildman–Crippen MR) is 43.4 cm³/mol. The summed E-state index contributed by atoms with van der Waals surface area (Å²) in [6.07, 6.45) is 3.52. The minimum Gasteiger partial charge on any atom is -0.359 e. The molecule has 0 bridgehead atoms. The summed E-state index contributed by atoms with van der Waals surface area (Å²) in [5, 5.41) is 0. The molecule has 0 amide bonds. The second-order valence-corrected chi connectivity index (χ2v) is 2.43. The van der Waals surface area contributed by atoms with Crippen LogP contribution in [0.2, 0.25) is 0 Å². The van der Waals surface area contributed by atoms with Crippen LogP contribution in [0.15, 0.2) is 12.4 Å². The summed E-state index contributed by atoms with van der Waals surface area (Å²) < 4.78 is 9.77. The van der Waals surface area contributed by atoms with Gasteiger partial charge < -0.3 is 9.47 Å². The van der Waals surface area contributed by atoms with Crippen molar-refractivity contribution >= 4 is 0 Å². The molecule has 1 rings (SSSR count). The molecule has 1 aromatic heterocycles. The van der Waals surface area contributed by atoms with E-state index in [1.54, 1.807) is 19.5 Å². The normalized spacial score (nSPS) is 10.2. The third-order valence-corrected chi connectivity index (χ3v) is 1.27. The Morgan fingerprint density at radius 2 is 2.00 bits per heavy atom. The number of aromatic nitrogens is 2. The van der Waals surface area contributed by atoms with E-state index in [1.165, 1.54) is 0 Å². The highest BCUT2D eigenvalue weighted by atomic mass is 16.7. The van der Waals surface area contributed by atoms with Gasteiger partial charge in [-0.1, -0.05) is 0 Å². The van der Waals surface area contributed by atoms with Crippen LogP contribution in [0, 0.1) is 6.92 Å². The minimum absolute atomic E-state index is 0.275. The summed E-state index contributed by atoms with van der Waals surface area (Å²) in [5.41, 5.74) is 1.05. The van der Waals surface area contributed by atoms with Crippen LogP contribution in [0.4, 0.5) is 0 Å². The second kappa shape index (κ2) is 4.79. The first-order valence-electron chi connectivity index (χ1n) is 3.67. The number of hydrogen-bond donors (Lipinski definition) is 0. The average Bonchev–Trinajstić information content (AvgIpc) is 2.09. The van der Waals surface area contributed by atoms with Crippen molar-refractivity contribution < 1.29 is 9.47 Å². The van der Waals surface area contributed by atoms with Crippen LogP contribution in [0.5, 0.6) is 0 Å². The molecule has 0 atom stereocenters. The van der Waals surface area contributed by atoms with Crippen molar-refractivity contribution in [1.29, 1.82) is 0 Å². The SMILES string of the molecule is COCOCc1ncc(C)cn1. The zero-order valence-corrected chi connectivity index (χ0v) is 7.28. The monoisotopic (exact) mass is 168 g/mol. The number of ether oxygens (including phenoxy) is 2. The summed E-state index contributed by atoms with van der Waals surface area (Å²) in [7, 11) is 1.58. The molecule has 0 aromatic carbocycles. The Morgan fingerprint density at radius 3 is 2.58 bits per heavy atom. The van der Waals surface area contributed by atoms with Crippen molar-refractivity contribution in [3.05, 3.63) is 23.8 Å². The van der Waals surface area contributed by atoms with Gasteiger partial charge in [-0.25, -0.2) is 9.97 Å². The van der Waals surface area contributed by atoms with E-state index in [4.69, 9.17) is 9.47 Å². The van der Waals surface area contributed by atoms with Crippen LogP contribution in [0.25, 0.3) is 0 Å². The van der Waals surface area contributed by atoms with Gasteiger partial charge in [0, 0.05) is 19.5 Å². The van der Waals surface area contributed by atoms with Gasteiger partial charge in [0.1, 0.15) is 13.4 Å². The topological polar surface area (TPSA) is 44.2 Å². The Kier molecular flexibility index (Phi) is 3.63. The average molecular weight is 168 g/mol. The maximum Gasteiger partial charge on any atom is 0.153 e. The molecule has 0 saturated heterocycles. The number of hydrogen-bond acceptors (Lipinski definition) is 4. The van der Waals surface area contributed by atoms with Gasteiger partial charge in [0.05, 0.1) is 0 Å². The summed E-state index contributed by atoms with van der Waals surface area (Å²) >= 11 is 0. The van der Waals surface area contributed by atoms with E-state index >= 15 is 0 Å². The van der Waals surface area contributed by atoms with Gasteiger partial charge >= 0.3 is 0 Å². The molecular weight excluding hydrogens is 156 g/mol. The fourth-order valence-corrected chi connectivity index (χ4v) is 0.710. The van der Waals surface area contributed by atoms with Gasteiger partial charge in [0.2, 0.25) is 0 Å². The first-order chi connectivity index (χ1) is 5.83. The highest BCUT2D eigenvalue weighted by molar-refractivity contribution is 5.01. The van der Waals surface area contributed by atoms with Crippen LogP contribution in [-0.2, 0) is 16.1 Å². The molecule has 0 aliphatic heterocycles. The van der Waals surface area contributed by atoms with Crippen molar-refractivity contribution in [3.8, 4) is 0 Å². The molecule has 0 aliphatic rings. The quantitative estimate of drug-likeness (QED) is 0.495. The lowest BCUT2D eigenvalue weighted by Crippen LogP contribution is -2.01. The van der Waals surface area contributed by atoms with Crippen LogP contribution in [-0.4, -0.2) is 23.9 Å². The Balaban J connectivity index is 2.37. The molecule has 4 heteroatoms. The minimum atomic E-state index is 0.275. The van der Waals surface area contributed by atoms with E-state index in [0.717, 1.165) is 5.56 Å². The van der Waals surface area contributed by atoms with E-state index in [-0.39, 0.29) is 6.79 Å². The standard InChI is InChI=1S/C8H12N2O2/c1-7-3-9-8(10-4-7)5-12-6-11-2/h3-4H,5-6H2,1-2H3. The summed E-state index contributed by atoms with van der Waals surface area (Å²) in [6, 6.07) is 0. The first kappa shape index (κ1) is 9.09. The zero-order chi connectivity index (χ0) is 8.81. The molecular formula is C8H12N2O2. The second-order valence-electron chi connectivity index (χ2n) is 2.43. The zero-order valence-electron chi connectivity index (χ0n) is 7.28. The van der Waals surface area contributed by atoms with Crippen molar-refractivity contribution in [3.63, 3.8) is 0 Å². The Hall–Kier alpha value is -1.00. The van der Waals surface area contributed by atoms with E-state index in [0.29, 0.717) is 12.4 Å². The molecule has 0 saturated carbocycles. The number of rotatable bonds is 4. The largest absolute Gasteiger partial charge is 0.359 e. The summed E-state index contributed by atoms with van der Waals surface area (Å²) in [4.78, 5) is 8.12. The molecule has 0 spiro atoms. The van der Waals surface area contributed by atoms with Gasteiger partial charge in [0.15, 0.2) is 5.82 Å². The van der Waals surface area contributed by atoms with Gasteiger partial charge in [-0.3, -0.25) is 0 Å². The molecule has 12 heavy (non-hydrogen) atoms. The molecule has 0 radical (unpaired) electrons. The van der Waals surface area contributed by atoms with Crippen molar-refractivity contribution in [2.24, 2.45) is 0 Å². The third-order valence-electron chi connectivity index (χ3n) is 1.27. The fraction of sp³-hybridized carbons (Fsp3) is 0.500. The van der Waals surface area contributed by atoms with Gasteiger partial charge in [-0.2, -0.15) is 0 Å². The lowest BCUT2D eigenvalue weighted by molar-refractivity contribution is -0.0412. The Labute approximate surface area is 71.6 Å². The van der Waals surface area contributed by atoms with Crippen LogP contribution >= 0.6 is 0 Å². The third kappa shape index (κ3) is 2.94. The van der Waals surface area contributed by atoms with E-state index in [1.807, 2.05) is 6.92 Å². The van der Waals surface area contributed by atoms with E-state index in [9.17, 15) is 0 Å². The molecule has 4 nitrogen and oxygen atoms in total. The molecule has 0 unspecified atom stereocenters. The smallest absolute Gasteiger partial charge is 0.153 e. The highest BCUT2D eigenvalue weighted by Crippen LogP contribution is 1.94. The maximum atomic E-state index is 5.06. The summed E-state index contributed by atoms with van der Waals surface area (Å²) in [6.45, 7) is 2.62. The van der Waals surface area contributed by atoms with Gasteiger partial charge in [0.25, 0.3) is 0 Å².